The Morgan fingerprint density at radius 1 is 0.923 bits per heavy atom. The average molecular weight is 354 g/mol. The van der Waals surface area contributed by atoms with Crippen molar-refractivity contribution >= 4 is 12.2 Å². The van der Waals surface area contributed by atoms with Crippen LogP contribution in [0, 0.1) is 0 Å². The molecule has 2 aromatic carbocycles. The van der Waals surface area contributed by atoms with Crippen LogP contribution in [0.2, 0.25) is 0 Å². The smallest absolute Gasteiger partial charge is 0.158 e. The first-order valence-electron chi connectivity index (χ1n) is 9.00. The van der Waals surface area contributed by atoms with E-state index in [9.17, 15) is 0 Å². The highest BCUT2D eigenvalue weighted by Crippen LogP contribution is 2.24. The van der Waals surface area contributed by atoms with Crippen molar-refractivity contribution in [1.29, 1.82) is 0 Å². The standard InChI is InChI=1S/C22H26O4/c1-23-20-13-19(14-21(15-20)24-2)11-8-17-6-9-18(10-7-17)16-26-22-5-3-4-12-25-22/h6-11,13-15,22H,3-5,12,16H2,1-2H3/b11-8+. The minimum absolute atomic E-state index is 0.0497. The van der Waals surface area contributed by atoms with Crippen LogP contribution < -0.4 is 9.47 Å². The van der Waals surface area contributed by atoms with Gasteiger partial charge in [-0.1, -0.05) is 36.4 Å². The van der Waals surface area contributed by atoms with E-state index in [4.69, 9.17) is 18.9 Å². The van der Waals surface area contributed by atoms with Crippen LogP contribution in [-0.4, -0.2) is 27.1 Å². The SMILES string of the molecule is COc1cc(/C=C/c2ccc(COC3CCCCO3)cc2)cc(OC)c1. The number of hydrogen-bond acceptors (Lipinski definition) is 4. The summed E-state index contributed by atoms with van der Waals surface area (Å²) in [6, 6.07) is 14.2. The maximum Gasteiger partial charge on any atom is 0.158 e. The van der Waals surface area contributed by atoms with E-state index in [-0.39, 0.29) is 6.29 Å². The molecule has 0 N–H and O–H groups in total. The molecule has 0 aromatic heterocycles. The van der Waals surface area contributed by atoms with Crippen molar-refractivity contribution < 1.29 is 18.9 Å². The zero-order valence-corrected chi connectivity index (χ0v) is 15.4. The van der Waals surface area contributed by atoms with Crippen LogP contribution in [0.15, 0.2) is 42.5 Å². The minimum Gasteiger partial charge on any atom is -0.497 e. The molecule has 3 rings (SSSR count). The average Bonchev–Trinajstić information content (AvgIpc) is 2.72. The maximum atomic E-state index is 5.82. The molecule has 1 unspecified atom stereocenters. The van der Waals surface area contributed by atoms with E-state index < -0.39 is 0 Å². The molecule has 0 saturated carbocycles. The van der Waals surface area contributed by atoms with E-state index in [1.54, 1.807) is 14.2 Å². The topological polar surface area (TPSA) is 36.9 Å². The molecule has 1 saturated heterocycles. The summed E-state index contributed by atoms with van der Waals surface area (Å²) in [6.45, 7) is 1.39. The molecule has 1 aliphatic heterocycles. The Kier molecular flexibility index (Phi) is 6.69. The van der Waals surface area contributed by atoms with Crippen LogP contribution in [0.3, 0.4) is 0 Å². The predicted molar refractivity (Wildman–Crippen MR) is 103 cm³/mol. The van der Waals surface area contributed by atoms with Gasteiger partial charge in [0.05, 0.1) is 20.8 Å². The Morgan fingerprint density at radius 3 is 2.23 bits per heavy atom. The van der Waals surface area contributed by atoms with Crippen LogP contribution in [-0.2, 0) is 16.1 Å². The lowest BCUT2D eigenvalue weighted by atomic mass is 10.1. The molecular weight excluding hydrogens is 328 g/mol. The fraction of sp³-hybridized carbons (Fsp3) is 0.364. The summed E-state index contributed by atoms with van der Waals surface area (Å²) in [5, 5.41) is 0. The Balaban J connectivity index is 1.59. The van der Waals surface area contributed by atoms with Crippen molar-refractivity contribution in [3.63, 3.8) is 0 Å². The number of benzene rings is 2. The first kappa shape index (κ1) is 18.5. The van der Waals surface area contributed by atoms with Gasteiger partial charge in [-0.3, -0.25) is 0 Å². The molecule has 0 radical (unpaired) electrons. The van der Waals surface area contributed by atoms with Gasteiger partial charge < -0.3 is 18.9 Å². The molecule has 1 fully saturated rings. The Morgan fingerprint density at radius 2 is 1.62 bits per heavy atom. The molecule has 4 heteroatoms. The molecular formula is C22H26O4. The van der Waals surface area contributed by atoms with Gasteiger partial charge in [0.1, 0.15) is 11.5 Å². The normalized spacial score (nSPS) is 17.4. The van der Waals surface area contributed by atoms with Crippen molar-refractivity contribution in [3.05, 3.63) is 59.2 Å². The zero-order valence-electron chi connectivity index (χ0n) is 15.4. The van der Waals surface area contributed by atoms with Gasteiger partial charge in [-0.05, 0) is 48.1 Å². The lowest BCUT2D eigenvalue weighted by Crippen LogP contribution is -2.21. The van der Waals surface area contributed by atoms with Crippen molar-refractivity contribution in [3.8, 4) is 11.5 Å². The third-order valence-corrected chi connectivity index (χ3v) is 4.40. The molecule has 2 aromatic rings. The van der Waals surface area contributed by atoms with Gasteiger partial charge >= 0.3 is 0 Å². The van der Waals surface area contributed by atoms with Crippen LogP contribution in [0.25, 0.3) is 12.2 Å². The van der Waals surface area contributed by atoms with Crippen LogP contribution in [0.5, 0.6) is 11.5 Å². The lowest BCUT2D eigenvalue weighted by Gasteiger charge is -2.22. The Bertz CT molecular complexity index is 693. The van der Waals surface area contributed by atoms with E-state index in [1.807, 2.05) is 24.3 Å². The third-order valence-electron chi connectivity index (χ3n) is 4.40. The van der Waals surface area contributed by atoms with Gasteiger partial charge in [0.25, 0.3) is 0 Å². The first-order chi connectivity index (χ1) is 12.8. The molecule has 1 aliphatic rings. The number of ether oxygens (including phenoxy) is 4. The molecule has 0 aliphatic carbocycles. The Labute approximate surface area is 155 Å². The molecule has 1 heterocycles. The van der Waals surface area contributed by atoms with Crippen LogP contribution in [0.4, 0.5) is 0 Å². The molecule has 26 heavy (non-hydrogen) atoms. The third kappa shape index (κ3) is 5.35. The van der Waals surface area contributed by atoms with Crippen molar-refractivity contribution in [2.45, 2.75) is 32.2 Å². The summed E-state index contributed by atoms with van der Waals surface area (Å²) in [7, 11) is 3.31. The zero-order chi connectivity index (χ0) is 18.2. The molecule has 0 amide bonds. The summed E-state index contributed by atoms with van der Waals surface area (Å²) in [5.74, 6) is 1.56. The number of methoxy groups -OCH3 is 2. The largest absolute Gasteiger partial charge is 0.497 e. The van der Waals surface area contributed by atoms with E-state index in [0.29, 0.717) is 6.61 Å². The molecule has 0 bridgehead atoms. The van der Waals surface area contributed by atoms with Gasteiger partial charge in [-0.25, -0.2) is 0 Å². The van der Waals surface area contributed by atoms with Gasteiger partial charge in [-0.15, -0.1) is 0 Å². The molecule has 138 valence electrons. The number of hydrogen-bond donors (Lipinski definition) is 0. The highest BCUT2D eigenvalue weighted by atomic mass is 16.7. The predicted octanol–water partition coefficient (Wildman–Crippen LogP) is 4.92. The van der Waals surface area contributed by atoms with E-state index in [0.717, 1.165) is 47.6 Å². The summed E-state index contributed by atoms with van der Waals surface area (Å²) in [6.07, 6.45) is 7.38. The first-order valence-corrected chi connectivity index (χ1v) is 9.00. The van der Waals surface area contributed by atoms with Crippen molar-refractivity contribution in [2.24, 2.45) is 0 Å². The summed E-state index contributed by atoms with van der Waals surface area (Å²) in [5.41, 5.74) is 3.31. The second-order valence-corrected chi connectivity index (χ2v) is 6.33. The Hall–Kier alpha value is -2.30. The second kappa shape index (κ2) is 9.41. The monoisotopic (exact) mass is 354 g/mol. The lowest BCUT2D eigenvalue weighted by molar-refractivity contribution is -0.168. The van der Waals surface area contributed by atoms with Gasteiger partial charge in [-0.2, -0.15) is 0 Å². The number of rotatable bonds is 7. The summed E-state index contributed by atoms with van der Waals surface area (Å²) in [4.78, 5) is 0. The fourth-order valence-corrected chi connectivity index (χ4v) is 2.87. The fourth-order valence-electron chi connectivity index (χ4n) is 2.87. The highest BCUT2D eigenvalue weighted by molar-refractivity contribution is 5.71. The minimum atomic E-state index is -0.0497. The van der Waals surface area contributed by atoms with Crippen LogP contribution >= 0.6 is 0 Å². The quantitative estimate of drug-likeness (QED) is 0.662. The summed E-state index contributed by atoms with van der Waals surface area (Å²) < 4.78 is 22.0. The highest BCUT2D eigenvalue weighted by Gasteiger charge is 2.13. The van der Waals surface area contributed by atoms with Crippen molar-refractivity contribution in [2.75, 3.05) is 20.8 Å². The van der Waals surface area contributed by atoms with E-state index >= 15 is 0 Å². The van der Waals surface area contributed by atoms with E-state index in [2.05, 4.69) is 30.3 Å². The summed E-state index contributed by atoms with van der Waals surface area (Å²) >= 11 is 0. The van der Waals surface area contributed by atoms with Gasteiger partial charge in [0.15, 0.2) is 6.29 Å². The van der Waals surface area contributed by atoms with E-state index in [1.165, 1.54) is 6.42 Å². The molecule has 0 spiro atoms. The van der Waals surface area contributed by atoms with Gasteiger partial charge in [0, 0.05) is 12.7 Å². The van der Waals surface area contributed by atoms with Crippen molar-refractivity contribution in [1.82, 2.24) is 0 Å². The van der Waals surface area contributed by atoms with Crippen LogP contribution in [0.1, 0.15) is 36.0 Å². The second-order valence-electron chi connectivity index (χ2n) is 6.33. The molecule has 1 atom stereocenters. The molecule has 4 nitrogen and oxygen atoms in total. The van der Waals surface area contributed by atoms with Gasteiger partial charge in [0.2, 0.25) is 0 Å². The maximum absolute atomic E-state index is 5.82.